The van der Waals surface area contributed by atoms with E-state index in [0.717, 1.165) is 4.57 Å². The number of aliphatic hydroxyl groups is 1. The number of aromatic nitrogens is 2. The predicted molar refractivity (Wildman–Crippen MR) is 58.5 cm³/mol. The van der Waals surface area contributed by atoms with E-state index < -0.39 is 29.9 Å². The molecule has 2 heterocycles. The first kappa shape index (κ1) is 12.4. The Morgan fingerprint density at radius 2 is 2.39 bits per heavy atom. The number of anilines is 1. The third-order valence-corrected chi connectivity index (χ3v) is 2.65. The molecular formula is C10H11N3O5. The number of ketones is 1. The van der Waals surface area contributed by atoms with E-state index in [1.54, 1.807) is 0 Å². The highest BCUT2D eigenvalue weighted by Gasteiger charge is 2.39. The summed E-state index contributed by atoms with van der Waals surface area (Å²) >= 11 is 0. The van der Waals surface area contributed by atoms with Crippen molar-refractivity contribution in [3.8, 4) is 0 Å². The molecule has 8 nitrogen and oxygen atoms in total. The third kappa shape index (κ3) is 2.15. The number of hydrogen-bond donors (Lipinski definition) is 2. The van der Waals surface area contributed by atoms with E-state index in [4.69, 9.17) is 10.5 Å². The summed E-state index contributed by atoms with van der Waals surface area (Å²) in [7, 11) is 0. The van der Waals surface area contributed by atoms with Gasteiger partial charge in [0, 0.05) is 12.6 Å². The first-order valence-corrected chi connectivity index (χ1v) is 5.20. The summed E-state index contributed by atoms with van der Waals surface area (Å²) in [5.74, 6) is -0.795. The van der Waals surface area contributed by atoms with Gasteiger partial charge in [-0.05, 0) is 6.07 Å². The van der Waals surface area contributed by atoms with Crippen LogP contribution in [0, 0.1) is 0 Å². The number of aliphatic hydroxyl groups excluding tert-OH is 1. The van der Waals surface area contributed by atoms with Crippen molar-refractivity contribution >= 4 is 17.9 Å². The number of hydrogen-bond acceptors (Lipinski definition) is 7. The van der Waals surface area contributed by atoms with Crippen molar-refractivity contribution in [1.29, 1.82) is 0 Å². The molecule has 3 N–H and O–H groups in total. The van der Waals surface area contributed by atoms with Gasteiger partial charge in [0.05, 0.1) is 6.10 Å². The van der Waals surface area contributed by atoms with Crippen LogP contribution >= 0.6 is 0 Å². The van der Waals surface area contributed by atoms with Crippen LogP contribution in [0.5, 0.6) is 0 Å². The van der Waals surface area contributed by atoms with E-state index >= 15 is 0 Å². The Morgan fingerprint density at radius 1 is 1.67 bits per heavy atom. The van der Waals surface area contributed by atoms with E-state index in [2.05, 4.69) is 4.98 Å². The minimum Gasteiger partial charge on any atom is -0.390 e. The number of aldehydes is 1. The minimum absolute atomic E-state index is 0.0236. The van der Waals surface area contributed by atoms with Gasteiger partial charge in [0.2, 0.25) is 5.78 Å². The van der Waals surface area contributed by atoms with Crippen LogP contribution in [0.3, 0.4) is 0 Å². The lowest BCUT2D eigenvalue weighted by Crippen LogP contribution is -2.31. The van der Waals surface area contributed by atoms with E-state index in [1.807, 2.05) is 0 Å². The minimum atomic E-state index is -1.24. The van der Waals surface area contributed by atoms with Gasteiger partial charge in [-0.2, -0.15) is 4.98 Å². The van der Waals surface area contributed by atoms with Gasteiger partial charge in [-0.1, -0.05) is 0 Å². The first-order valence-electron chi connectivity index (χ1n) is 5.20. The van der Waals surface area contributed by atoms with Crippen LogP contribution in [0.2, 0.25) is 0 Å². The van der Waals surface area contributed by atoms with Crippen molar-refractivity contribution in [3.05, 3.63) is 22.7 Å². The largest absolute Gasteiger partial charge is 0.390 e. The van der Waals surface area contributed by atoms with Crippen molar-refractivity contribution in [2.24, 2.45) is 0 Å². The molecule has 3 atom stereocenters. The molecule has 1 aromatic rings. The molecular weight excluding hydrogens is 242 g/mol. The Morgan fingerprint density at radius 3 is 3.00 bits per heavy atom. The highest BCUT2D eigenvalue weighted by molar-refractivity contribution is 6.27. The molecule has 0 aromatic carbocycles. The number of ether oxygens (including phenoxy) is 1. The van der Waals surface area contributed by atoms with Gasteiger partial charge in [-0.25, -0.2) is 4.79 Å². The second-order valence-electron chi connectivity index (χ2n) is 3.88. The fourth-order valence-electron chi connectivity index (χ4n) is 1.79. The molecule has 0 aliphatic carbocycles. The van der Waals surface area contributed by atoms with Gasteiger partial charge in [0.25, 0.3) is 0 Å². The lowest BCUT2D eigenvalue weighted by molar-refractivity contribution is -0.141. The van der Waals surface area contributed by atoms with Gasteiger partial charge < -0.3 is 15.6 Å². The number of carbonyl (C=O) groups is 2. The number of rotatable bonds is 3. The van der Waals surface area contributed by atoms with Crippen molar-refractivity contribution in [2.75, 3.05) is 5.73 Å². The molecule has 0 radical (unpaired) electrons. The van der Waals surface area contributed by atoms with E-state index in [9.17, 15) is 19.5 Å². The van der Waals surface area contributed by atoms with Crippen molar-refractivity contribution in [3.63, 3.8) is 0 Å². The van der Waals surface area contributed by atoms with Crippen molar-refractivity contribution in [2.45, 2.75) is 24.9 Å². The summed E-state index contributed by atoms with van der Waals surface area (Å²) in [5.41, 5.74) is 4.69. The van der Waals surface area contributed by atoms with E-state index in [0.29, 0.717) is 0 Å². The second kappa shape index (κ2) is 4.67. The number of nitrogen functional groups attached to an aromatic ring is 1. The summed E-state index contributed by atoms with van der Waals surface area (Å²) in [6, 6.07) is 1.39. The Labute approximate surface area is 101 Å². The number of nitrogens with zero attached hydrogens (tertiary/aromatic N) is 2. The number of Topliss-reactive ketones (excluding diaryl/α,β-unsaturated/α-hetero) is 1. The van der Waals surface area contributed by atoms with Gasteiger partial charge >= 0.3 is 5.69 Å². The first-order chi connectivity index (χ1) is 8.52. The normalized spacial score (nSPS) is 27.1. The topological polar surface area (TPSA) is 125 Å². The summed E-state index contributed by atoms with van der Waals surface area (Å²) in [6.07, 6.45) is -1.74. The van der Waals surface area contributed by atoms with Crippen molar-refractivity contribution < 1.29 is 19.4 Å². The fraction of sp³-hybridized carbons (Fsp3) is 0.400. The van der Waals surface area contributed by atoms with Crippen LogP contribution in [0.4, 0.5) is 5.82 Å². The van der Waals surface area contributed by atoms with Crippen LogP contribution in [0.25, 0.3) is 0 Å². The Balaban J connectivity index is 2.24. The zero-order chi connectivity index (χ0) is 13.3. The lowest BCUT2D eigenvalue weighted by Gasteiger charge is -2.13. The lowest BCUT2D eigenvalue weighted by atomic mass is 10.1. The van der Waals surface area contributed by atoms with Crippen LogP contribution in [0.1, 0.15) is 12.6 Å². The molecule has 1 aromatic heterocycles. The molecule has 1 aliphatic heterocycles. The summed E-state index contributed by atoms with van der Waals surface area (Å²) in [5, 5.41) is 9.60. The molecule has 0 spiro atoms. The molecule has 0 bridgehead atoms. The van der Waals surface area contributed by atoms with Crippen LogP contribution in [-0.4, -0.2) is 38.9 Å². The molecule has 0 unspecified atom stereocenters. The van der Waals surface area contributed by atoms with Crippen LogP contribution in [0.15, 0.2) is 17.1 Å². The smallest absolute Gasteiger partial charge is 0.351 e. The van der Waals surface area contributed by atoms with E-state index in [-0.39, 0.29) is 18.5 Å². The maximum absolute atomic E-state index is 11.5. The Hall–Kier alpha value is -2.06. The average Bonchev–Trinajstić information content (AvgIpc) is 2.70. The monoisotopic (exact) mass is 253 g/mol. The zero-order valence-corrected chi connectivity index (χ0v) is 9.22. The molecule has 1 saturated heterocycles. The third-order valence-electron chi connectivity index (χ3n) is 2.65. The van der Waals surface area contributed by atoms with Crippen LogP contribution < -0.4 is 11.4 Å². The highest BCUT2D eigenvalue weighted by Crippen LogP contribution is 2.27. The maximum atomic E-state index is 11.5. The molecule has 2 rings (SSSR count). The molecule has 96 valence electrons. The zero-order valence-electron chi connectivity index (χ0n) is 9.22. The van der Waals surface area contributed by atoms with Gasteiger partial charge in [0.15, 0.2) is 12.4 Å². The number of carbonyl (C=O) groups excluding carboxylic acids is 2. The standard InChI is InChI=1S/C10H11N3O5/c11-7-1-2-13(10(17)12-7)8-3-5(15)9(18-8)6(16)4-14/h1-2,4-5,8-9,15H,3H2,(H2,11,12,17)/t5-,8+,9-/m0/s1. The second-order valence-corrected chi connectivity index (χ2v) is 3.88. The predicted octanol–water partition coefficient (Wildman–Crippen LogP) is -1.76. The number of nitrogens with two attached hydrogens (primary N) is 1. The fourth-order valence-corrected chi connectivity index (χ4v) is 1.79. The molecule has 0 saturated carbocycles. The van der Waals surface area contributed by atoms with Crippen LogP contribution in [-0.2, 0) is 14.3 Å². The highest BCUT2D eigenvalue weighted by atomic mass is 16.5. The maximum Gasteiger partial charge on any atom is 0.351 e. The molecule has 0 amide bonds. The SMILES string of the molecule is Nc1ccn([C@H]2C[C@H](O)[C@@H](C(=O)C=O)O2)c(=O)n1. The summed E-state index contributed by atoms with van der Waals surface area (Å²) in [6.45, 7) is 0. The summed E-state index contributed by atoms with van der Waals surface area (Å²) < 4.78 is 6.29. The van der Waals surface area contributed by atoms with Gasteiger partial charge in [-0.3, -0.25) is 14.2 Å². The quantitative estimate of drug-likeness (QED) is 0.483. The molecule has 1 aliphatic rings. The van der Waals surface area contributed by atoms with Crippen molar-refractivity contribution in [1.82, 2.24) is 9.55 Å². The van der Waals surface area contributed by atoms with Gasteiger partial charge in [-0.15, -0.1) is 0 Å². The Kier molecular flexibility index (Phi) is 3.21. The molecule has 1 fully saturated rings. The summed E-state index contributed by atoms with van der Waals surface area (Å²) in [4.78, 5) is 36.6. The van der Waals surface area contributed by atoms with Gasteiger partial charge in [0.1, 0.15) is 12.0 Å². The average molecular weight is 253 g/mol. The molecule has 18 heavy (non-hydrogen) atoms. The molecule has 8 heteroatoms. The Bertz CT molecular complexity index is 541. The van der Waals surface area contributed by atoms with E-state index in [1.165, 1.54) is 12.3 Å².